The second-order valence-corrected chi connectivity index (χ2v) is 4.54. The Kier molecular flexibility index (Phi) is 4.50. The third-order valence-electron chi connectivity index (χ3n) is 2.77. The van der Waals surface area contributed by atoms with Gasteiger partial charge in [0.05, 0.1) is 0 Å². The molecule has 1 heterocycles. The Morgan fingerprint density at radius 3 is 2.53 bits per heavy atom. The van der Waals surface area contributed by atoms with Crippen molar-refractivity contribution in [1.29, 1.82) is 10.5 Å². The zero-order valence-corrected chi connectivity index (χ0v) is 11.5. The number of nitriles is 2. The van der Waals surface area contributed by atoms with Crippen LogP contribution < -0.4 is 5.32 Å². The van der Waals surface area contributed by atoms with Gasteiger partial charge in [0.15, 0.2) is 0 Å². The molecule has 0 aliphatic carbocycles. The molecule has 1 rings (SSSR count). The molecule has 0 aliphatic rings. The summed E-state index contributed by atoms with van der Waals surface area (Å²) in [5.74, 6) is -0.403. The van der Waals surface area contributed by atoms with Crippen molar-refractivity contribution in [3.63, 3.8) is 0 Å². The summed E-state index contributed by atoms with van der Waals surface area (Å²) in [6.45, 7) is 5.49. The molecule has 5 nitrogen and oxygen atoms in total. The SMILES string of the molecule is Cc1c(/C=C(\C#N)C(=O)NC(C)C)cc(C#N)n1C. The lowest BCUT2D eigenvalue weighted by Gasteiger charge is -2.06. The highest BCUT2D eigenvalue weighted by molar-refractivity contribution is 6.01. The average molecular weight is 256 g/mol. The van der Waals surface area contributed by atoms with Crippen LogP contribution in [-0.2, 0) is 11.8 Å². The minimum absolute atomic E-state index is 0.0317. The predicted octanol–water partition coefficient (Wildman–Crippen LogP) is 1.64. The van der Waals surface area contributed by atoms with Crippen molar-refractivity contribution in [2.45, 2.75) is 26.8 Å². The van der Waals surface area contributed by atoms with Gasteiger partial charge in [-0.3, -0.25) is 4.79 Å². The van der Waals surface area contributed by atoms with Gasteiger partial charge < -0.3 is 9.88 Å². The highest BCUT2D eigenvalue weighted by atomic mass is 16.1. The normalized spacial score (nSPS) is 11.0. The van der Waals surface area contributed by atoms with Crippen LogP contribution in [0.1, 0.15) is 30.8 Å². The lowest BCUT2D eigenvalue weighted by atomic mass is 10.1. The summed E-state index contributed by atoms with van der Waals surface area (Å²) in [6.07, 6.45) is 1.51. The van der Waals surface area contributed by atoms with E-state index in [4.69, 9.17) is 10.5 Å². The van der Waals surface area contributed by atoms with Crippen LogP contribution in [0.15, 0.2) is 11.6 Å². The topological polar surface area (TPSA) is 81.6 Å². The van der Waals surface area contributed by atoms with E-state index in [-0.39, 0.29) is 11.6 Å². The van der Waals surface area contributed by atoms with Gasteiger partial charge in [0.1, 0.15) is 23.4 Å². The van der Waals surface area contributed by atoms with E-state index in [9.17, 15) is 4.79 Å². The van der Waals surface area contributed by atoms with Gasteiger partial charge in [-0.05, 0) is 38.5 Å². The molecule has 19 heavy (non-hydrogen) atoms. The maximum absolute atomic E-state index is 11.8. The first kappa shape index (κ1) is 14.5. The Balaban J connectivity index is 3.17. The first-order valence-electron chi connectivity index (χ1n) is 5.89. The predicted molar refractivity (Wildman–Crippen MR) is 71.7 cm³/mol. The van der Waals surface area contributed by atoms with Crippen molar-refractivity contribution in [2.75, 3.05) is 0 Å². The van der Waals surface area contributed by atoms with Crippen LogP contribution in [0, 0.1) is 29.6 Å². The number of hydrogen-bond donors (Lipinski definition) is 1. The maximum atomic E-state index is 11.8. The second kappa shape index (κ2) is 5.88. The van der Waals surface area contributed by atoms with E-state index in [2.05, 4.69) is 11.4 Å². The number of carbonyl (C=O) groups is 1. The molecule has 0 aliphatic heterocycles. The third-order valence-corrected chi connectivity index (χ3v) is 2.77. The Hall–Kier alpha value is -2.53. The van der Waals surface area contributed by atoms with E-state index in [1.165, 1.54) is 6.08 Å². The standard InChI is InChI=1S/C14H16N4O/c1-9(2)17-14(19)12(7-15)5-11-6-13(8-16)18(4)10(11)3/h5-6,9H,1-4H3,(H,17,19)/b12-5+. The van der Waals surface area contributed by atoms with Crippen molar-refractivity contribution >= 4 is 12.0 Å². The Bertz CT molecular complexity index is 609. The van der Waals surface area contributed by atoms with E-state index >= 15 is 0 Å². The number of rotatable bonds is 3. The molecule has 0 aromatic carbocycles. The maximum Gasteiger partial charge on any atom is 0.262 e. The summed E-state index contributed by atoms with van der Waals surface area (Å²) in [4.78, 5) is 11.8. The molecular weight excluding hydrogens is 240 g/mol. The minimum Gasteiger partial charge on any atom is -0.349 e. The van der Waals surface area contributed by atoms with Crippen LogP contribution in [0.5, 0.6) is 0 Å². The smallest absolute Gasteiger partial charge is 0.262 e. The van der Waals surface area contributed by atoms with E-state index < -0.39 is 5.91 Å². The molecule has 1 amide bonds. The molecule has 0 unspecified atom stereocenters. The van der Waals surface area contributed by atoms with Crippen LogP contribution in [-0.4, -0.2) is 16.5 Å². The molecule has 0 atom stereocenters. The molecule has 0 spiro atoms. The zero-order valence-electron chi connectivity index (χ0n) is 11.5. The fourth-order valence-electron chi connectivity index (χ4n) is 1.62. The van der Waals surface area contributed by atoms with Gasteiger partial charge in [-0.1, -0.05) is 0 Å². The fourth-order valence-corrected chi connectivity index (χ4v) is 1.62. The Morgan fingerprint density at radius 1 is 1.47 bits per heavy atom. The fraction of sp³-hybridized carbons (Fsp3) is 0.357. The van der Waals surface area contributed by atoms with Gasteiger partial charge in [-0.25, -0.2) is 0 Å². The van der Waals surface area contributed by atoms with Gasteiger partial charge in [0.2, 0.25) is 0 Å². The molecule has 5 heteroatoms. The summed E-state index contributed by atoms with van der Waals surface area (Å²) in [5, 5.41) is 20.7. The number of carbonyl (C=O) groups excluding carboxylic acids is 1. The number of nitrogens with zero attached hydrogens (tertiary/aromatic N) is 3. The molecule has 0 radical (unpaired) electrons. The van der Waals surface area contributed by atoms with Crippen molar-refractivity contribution in [3.05, 3.63) is 28.6 Å². The largest absolute Gasteiger partial charge is 0.349 e. The number of nitrogens with one attached hydrogen (secondary N) is 1. The summed E-state index contributed by atoms with van der Waals surface area (Å²) in [7, 11) is 1.77. The van der Waals surface area contributed by atoms with Gasteiger partial charge >= 0.3 is 0 Å². The van der Waals surface area contributed by atoms with Gasteiger partial charge in [0, 0.05) is 18.8 Å². The second-order valence-electron chi connectivity index (χ2n) is 4.54. The molecule has 1 aromatic rings. The first-order chi connectivity index (χ1) is 8.90. The van der Waals surface area contributed by atoms with E-state index in [0.717, 1.165) is 5.69 Å². The number of hydrogen-bond acceptors (Lipinski definition) is 3. The molecular formula is C14H16N4O. The number of aromatic nitrogens is 1. The molecule has 0 fully saturated rings. The van der Waals surface area contributed by atoms with Gasteiger partial charge in [-0.15, -0.1) is 0 Å². The quantitative estimate of drug-likeness (QED) is 0.659. The molecule has 1 aromatic heterocycles. The Labute approximate surface area is 112 Å². The highest BCUT2D eigenvalue weighted by Crippen LogP contribution is 2.16. The molecule has 0 bridgehead atoms. The molecule has 1 N–H and O–H groups in total. The van der Waals surface area contributed by atoms with Crippen LogP contribution in [0.3, 0.4) is 0 Å². The number of amides is 1. The first-order valence-corrected chi connectivity index (χ1v) is 5.89. The lowest BCUT2D eigenvalue weighted by Crippen LogP contribution is -2.30. The molecule has 0 saturated carbocycles. The van der Waals surface area contributed by atoms with E-state index in [0.29, 0.717) is 11.3 Å². The third kappa shape index (κ3) is 3.23. The van der Waals surface area contributed by atoms with Crippen molar-refractivity contribution in [2.24, 2.45) is 7.05 Å². The summed E-state index contributed by atoms with van der Waals surface area (Å²) < 4.78 is 1.72. The van der Waals surface area contributed by atoms with Crippen LogP contribution in [0.2, 0.25) is 0 Å². The monoisotopic (exact) mass is 256 g/mol. The average Bonchev–Trinajstić information content (AvgIpc) is 2.62. The van der Waals surface area contributed by atoms with Crippen LogP contribution >= 0.6 is 0 Å². The minimum atomic E-state index is -0.403. The van der Waals surface area contributed by atoms with Crippen molar-refractivity contribution in [3.8, 4) is 12.1 Å². The molecule has 98 valence electrons. The van der Waals surface area contributed by atoms with Crippen LogP contribution in [0.4, 0.5) is 0 Å². The van der Waals surface area contributed by atoms with Gasteiger partial charge in [-0.2, -0.15) is 10.5 Å². The lowest BCUT2D eigenvalue weighted by molar-refractivity contribution is -0.117. The summed E-state index contributed by atoms with van der Waals surface area (Å²) >= 11 is 0. The van der Waals surface area contributed by atoms with Gasteiger partial charge in [0.25, 0.3) is 5.91 Å². The summed E-state index contributed by atoms with van der Waals surface area (Å²) in [6, 6.07) is 5.58. The van der Waals surface area contributed by atoms with Crippen LogP contribution in [0.25, 0.3) is 6.08 Å². The van der Waals surface area contributed by atoms with E-state index in [1.807, 2.05) is 26.8 Å². The van der Waals surface area contributed by atoms with E-state index in [1.54, 1.807) is 17.7 Å². The Morgan fingerprint density at radius 2 is 2.11 bits per heavy atom. The zero-order chi connectivity index (χ0) is 14.6. The highest BCUT2D eigenvalue weighted by Gasteiger charge is 2.13. The molecule has 0 saturated heterocycles. The van der Waals surface area contributed by atoms with Crippen molar-refractivity contribution in [1.82, 2.24) is 9.88 Å². The summed E-state index contributed by atoms with van der Waals surface area (Å²) in [5.41, 5.74) is 2.06. The van der Waals surface area contributed by atoms with Crippen molar-refractivity contribution < 1.29 is 4.79 Å².